The molecule has 4 nitrogen and oxygen atoms in total. The number of benzene rings is 2. The van der Waals surface area contributed by atoms with E-state index in [9.17, 15) is 18.9 Å². The number of halogens is 2. The van der Waals surface area contributed by atoms with Crippen molar-refractivity contribution in [2.45, 2.75) is 12.8 Å². The number of hydrogen-bond acceptors (Lipinski definition) is 3. The van der Waals surface area contributed by atoms with Gasteiger partial charge in [0.2, 0.25) is 0 Å². The molecule has 0 aliphatic rings. The first kappa shape index (κ1) is 14.9. The maximum Gasteiger partial charge on any atom is 0.270 e. The highest BCUT2D eigenvalue weighted by Gasteiger charge is 2.17. The Morgan fingerprint density at radius 1 is 1.14 bits per heavy atom. The summed E-state index contributed by atoms with van der Waals surface area (Å²) in [6, 6.07) is 13.1. The third kappa shape index (κ3) is 3.98. The Morgan fingerprint density at radius 2 is 1.86 bits per heavy atom. The van der Waals surface area contributed by atoms with Crippen LogP contribution in [0.4, 0.5) is 20.2 Å². The molecule has 2 aromatic rings. The van der Waals surface area contributed by atoms with Gasteiger partial charge in [-0.3, -0.25) is 10.1 Å². The Labute approximate surface area is 120 Å². The van der Waals surface area contributed by atoms with Crippen molar-refractivity contribution >= 4 is 11.4 Å². The lowest BCUT2D eigenvalue weighted by atomic mass is 10.1. The molecule has 0 atom stereocenters. The second-order valence-corrected chi connectivity index (χ2v) is 4.49. The van der Waals surface area contributed by atoms with Crippen molar-refractivity contribution in [3.05, 3.63) is 69.8 Å². The summed E-state index contributed by atoms with van der Waals surface area (Å²) in [6.45, 7) is 0.474. The number of hydrogen-bond donors (Lipinski definition) is 1. The van der Waals surface area contributed by atoms with Gasteiger partial charge in [-0.1, -0.05) is 30.3 Å². The number of non-ortho nitro benzene ring substituents is 1. The smallest absolute Gasteiger partial charge is 0.270 e. The van der Waals surface area contributed by atoms with E-state index in [2.05, 4.69) is 5.32 Å². The van der Waals surface area contributed by atoms with Gasteiger partial charge in [0.05, 0.1) is 4.92 Å². The lowest BCUT2D eigenvalue weighted by Gasteiger charge is -2.11. The third-order valence-electron chi connectivity index (χ3n) is 3.05. The quantitative estimate of drug-likeness (QED) is 0.641. The Morgan fingerprint density at radius 3 is 2.48 bits per heavy atom. The Bertz CT molecular complexity index is 618. The van der Waals surface area contributed by atoms with E-state index < -0.39 is 11.3 Å². The molecule has 0 saturated heterocycles. The second kappa shape index (κ2) is 6.78. The Hall–Kier alpha value is -2.50. The maximum absolute atomic E-state index is 13.0. The normalized spacial score (nSPS) is 10.6. The minimum absolute atomic E-state index is 0.228. The van der Waals surface area contributed by atoms with Gasteiger partial charge in [-0.05, 0) is 18.1 Å². The predicted molar refractivity (Wildman–Crippen MR) is 76.7 cm³/mol. The lowest BCUT2D eigenvalue weighted by molar-refractivity contribution is -0.385. The largest absolute Gasteiger partial charge is 0.384 e. The lowest BCUT2D eigenvalue weighted by Crippen LogP contribution is -2.07. The van der Waals surface area contributed by atoms with Crippen LogP contribution in [-0.2, 0) is 6.42 Å². The van der Waals surface area contributed by atoms with Gasteiger partial charge in [-0.15, -0.1) is 0 Å². The fourth-order valence-corrected chi connectivity index (χ4v) is 1.99. The number of nitro benzene ring substituents is 1. The molecule has 1 N–H and O–H groups in total. The number of nitro groups is 1. The SMILES string of the molecule is O=[N+]([O-])c1ccc(NCCc2ccccc2)c(C(F)F)c1. The summed E-state index contributed by atoms with van der Waals surface area (Å²) in [5.41, 5.74) is 0.633. The van der Waals surface area contributed by atoms with Crippen LogP contribution in [0.25, 0.3) is 0 Å². The van der Waals surface area contributed by atoms with Crippen molar-refractivity contribution in [3.63, 3.8) is 0 Å². The van der Waals surface area contributed by atoms with Gasteiger partial charge in [0.1, 0.15) is 0 Å². The van der Waals surface area contributed by atoms with E-state index in [0.717, 1.165) is 11.6 Å². The van der Waals surface area contributed by atoms with Crippen molar-refractivity contribution in [2.24, 2.45) is 0 Å². The summed E-state index contributed by atoms with van der Waals surface area (Å²) in [5, 5.41) is 13.5. The monoisotopic (exact) mass is 292 g/mol. The van der Waals surface area contributed by atoms with Crippen LogP contribution in [-0.4, -0.2) is 11.5 Å². The molecule has 2 aromatic carbocycles. The Balaban J connectivity index is 2.07. The minimum Gasteiger partial charge on any atom is -0.384 e. The number of nitrogens with one attached hydrogen (secondary N) is 1. The van der Waals surface area contributed by atoms with Gasteiger partial charge >= 0.3 is 0 Å². The third-order valence-corrected chi connectivity index (χ3v) is 3.05. The van der Waals surface area contributed by atoms with Crippen LogP contribution in [0.1, 0.15) is 17.6 Å². The first-order valence-electron chi connectivity index (χ1n) is 6.42. The van der Waals surface area contributed by atoms with E-state index in [-0.39, 0.29) is 16.9 Å². The van der Waals surface area contributed by atoms with Gasteiger partial charge in [-0.25, -0.2) is 8.78 Å². The van der Waals surface area contributed by atoms with Gasteiger partial charge < -0.3 is 5.32 Å². The van der Waals surface area contributed by atoms with Crippen molar-refractivity contribution in [1.82, 2.24) is 0 Å². The van der Waals surface area contributed by atoms with Crippen LogP contribution in [0.15, 0.2) is 48.5 Å². The zero-order valence-electron chi connectivity index (χ0n) is 11.1. The van der Waals surface area contributed by atoms with E-state index in [1.54, 1.807) is 0 Å². The molecule has 0 bridgehead atoms. The first-order chi connectivity index (χ1) is 10.1. The van der Waals surface area contributed by atoms with E-state index in [1.807, 2.05) is 30.3 Å². The van der Waals surface area contributed by atoms with Gasteiger partial charge in [0.15, 0.2) is 0 Å². The molecular formula is C15H14F2N2O2. The van der Waals surface area contributed by atoms with E-state index in [1.165, 1.54) is 12.1 Å². The highest BCUT2D eigenvalue weighted by molar-refractivity contribution is 5.56. The zero-order valence-corrected chi connectivity index (χ0v) is 11.1. The zero-order chi connectivity index (χ0) is 15.2. The van der Waals surface area contributed by atoms with Crippen LogP contribution in [0.2, 0.25) is 0 Å². The molecule has 0 aromatic heterocycles. The van der Waals surface area contributed by atoms with Crippen molar-refractivity contribution < 1.29 is 13.7 Å². The molecule has 21 heavy (non-hydrogen) atoms. The van der Waals surface area contributed by atoms with Crippen LogP contribution in [0.3, 0.4) is 0 Å². The van der Waals surface area contributed by atoms with Gasteiger partial charge in [-0.2, -0.15) is 0 Å². The second-order valence-electron chi connectivity index (χ2n) is 4.49. The first-order valence-corrected chi connectivity index (χ1v) is 6.42. The highest BCUT2D eigenvalue weighted by atomic mass is 19.3. The summed E-state index contributed by atoms with van der Waals surface area (Å²) in [4.78, 5) is 9.95. The van der Waals surface area contributed by atoms with Gasteiger partial charge in [0.25, 0.3) is 12.1 Å². The van der Waals surface area contributed by atoms with Crippen LogP contribution in [0.5, 0.6) is 0 Å². The number of anilines is 1. The number of alkyl halides is 2. The number of nitrogens with zero attached hydrogens (tertiary/aromatic N) is 1. The van der Waals surface area contributed by atoms with E-state index in [0.29, 0.717) is 13.0 Å². The molecule has 2 rings (SSSR count). The average molecular weight is 292 g/mol. The van der Waals surface area contributed by atoms with E-state index >= 15 is 0 Å². The minimum atomic E-state index is -2.76. The fourth-order valence-electron chi connectivity index (χ4n) is 1.99. The number of rotatable bonds is 6. The fraction of sp³-hybridized carbons (Fsp3) is 0.200. The molecule has 0 fully saturated rings. The molecule has 6 heteroatoms. The molecular weight excluding hydrogens is 278 g/mol. The predicted octanol–water partition coefficient (Wildman–Crippen LogP) is 4.19. The molecule has 0 aliphatic carbocycles. The van der Waals surface area contributed by atoms with E-state index in [4.69, 9.17) is 0 Å². The highest BCUT2D eigenvalue weighted by Crippen LogP contribution is 2.30. The molecule has 0 amide bonds. The molecule has 0 spiro atoms. The topological polar surface area (TPSA) is 55.2 Å². The Kier molecular flexibility index (Phi) is 4.81. The summed E-state index contributed by atoms with van der Waals surface area (Å²) in [6.07, 6.45) is -2.08. The van der Waals surface area contributed by atoms with Crippen molar-refractivity contribution in [2.75, 3.05) is 11.9 Å². The average Bonchev–Trinajstić information content (AvgIpc) is 2.48. The molecule has 0 aliphatic heterocycles. The van der Waals surface area contributed by atoms with Crippen LogP contribution < -0.4 is 5.32 Å². The van der Waals surface area contributed by atoms with Crippen LogP contribution in [0, 0.1) is 10.1 Å². The van der Waals surface area contributed by atoms with Crippen molar-refractivity contribution in [1.29, 1.82) is 0 Å². The van der Waals surface area contributed by atoms with Crippen LogP contribution >= 0.6 is 0 Å². The maximum atomic E-state index is 13.0. The molecule has 0 heterocycles. The van der Waals surface area contributed by atoms with Crippen molar-refractivity contribution in [3.8, 4) is 0 Å². The summed E-state index contributed by atoms with van der Waals surface area (Å²) in [5.74, 6) is 0. The molecule has 0 saturated carbocycles. The molecule has 110 valence electrons. The molecule has 0 unspecified atom stereocenters. The molecule has 0 radical (unpaired) electrons. The summed E-state index contributed by atoms with van der Waals surface area (Å²) in [7, 11) is 0. The standard InChI is InChI=1S/C15H14F2N2O2/c16-15(17)13-10-12(19(20)21)6-7-14(13)18-9-8-11-4-2-1-3-5-11/h1-7,10,15,18H,8-9H2. The summed E-state index contributed by atoms with van der Waals surface area (Å²) < 4.78 is 25.9. The van der Waals surface area contributed by atoms with Gasteiger partial charge in [0, 0.05) is 29.9 Å². The summed E-state index contributed by atoms with van der Waals surface area (Å²) >= 11 is 0.